The number of rotatable bonds is 12. The van der Waals surface area contributed by atoms with Gasteiger partial charge in [-0.15, -0.1) is 11.8 Å². The Bertz CT molecular complexity index is 1330. The van der Waals surface area contributed by atoms with E-state index in [-0.39, 0.29) is 44.1 Å². The molecule has 4 rings (SSSR count). The van der Waals surface area contributed by atoms with Gasteiger partial charge in [0.1, 0.15) is 6.54 Å². The molecule has 0 aromatic heterocycles. The molecular formula is C31H34N2O8S. The van der Waals surface area contributed by atoms with Gasteiger partial charge in [-0.2, -0.15) is 0 Å². The molecule has 10 nitrogen and oxygen atoms in total. The van der Waals surface area contributed by atoms with Gasteiger partial charge >= 0.3 is 18.0 Å². The molecule has 0 saturated carbocycles. The summed E-state index contributed by atoms with van der Waals surface area (Å²) in [6, 6.07) is 21.5. The normalized spacial score (nSPS) is 18.2. The highest BCUT2D eigenvalue weighted by Gasteiger charge is 2.32. The van der Waals surface area contributed by atoms with Crippen molar-refractivity contribution in [2.24, 2.45) is 0 Å². The van der Waals surface area contributed by atoms with Crippen molar-refractivity contribution in [1.29, 1.82) is 0 Å². The minimum absolute atomic E-state index is 0.0360. The van der Waals surface area contributed by atoms with Crippen molar-refractivity contribution >= 4 is 29.7 Å². The molecular weight excluding hydrogens is 560 g/mol. The third-order valence-electron chi connectivity index (χ3n) is 6.56. The lowest BCUT2D eigenvalue weighted by atomic mass is 10.0. The lowest BCUT2D eigenvalue weighted by Gasteiger charge is -2.36. The van der Waals surface area contributed by atoms with Gasteiger partial charge in [-0.3, -0.25) is 4.79 Å². The molecule has 0 aliphatic carbocycles. The Morgan fingerprint density at radius 2 is 1.57 bits per heavy atom. The zero-order valence-electron chi connectivity index (χ0n) is 23.2. The van der Waals surface area contributed by atoms with Crippen LogP contribution in [0.25, 0.3) is 0 Å². The topological polar surface area (TPSA) is 143 Å². The third-order valence-corrected chi connectivity index (χ3v) is 7.70. The Morgan fingerprint density at radius 3 is 2.21 bits per heavy atom. The highest BCUT2D eigenvalue weighted by molar-refractivity contribution is 7.99. The molecule has 3 aromatic carbocycles. The van der Waals surface area contributed by atoms with Crippen molar-refractivity contribution in [2.75, 3.05) is 18.9 Å². The Kier molecular flexibility index (Phi) is 11.4. The molecule has 2 amide bonds. The summed E-state index contributed by atoms with van der Waals surface area (Å²) >= 11 is 1.59. The maximum absolute atomic E-state index is 12.0. The largest absolute Gasteiger partial charge is 0.478 e. The fraction of sp³-hybridized carbons (Fsp3) is 0.323. The number of hydrogen-bond acceptors (Lipinski definition) is 8. The number of urea groups is 1. The van der Waals surface area contributed by atoms with Gasteiger partial charge in [-0.05, 0) is 47.9 Å². The lowest BCUT2D eigenvalue weighted by molar-refractivity contribution is -0.245. The number of aliphatic hydroxyl groups is 1. The summed E-state index contributed by atoms with van der Waals surface area (Å²) in [7, 11) is 0. The van der Waals surface area contributed by atoms with Gasteiger partial charge in [0.2, 0.25) is 0 Å². The second kappa shape index (κ2) is 15.4. The van der Waals surface area contributed by atoms with E-state index >= 15 is 0 Å². The highest BCUT2D eigenvalue weighted by Crippen LogP contribution is 2.39. The van der Waals surface area contributed by atoms with Crippen molar-refractivity contribution in [3.8, 4) is 0 Å². The molecule has 1 heterocycles. The second-order valence-electron chi connectivity index (χ2n) is 9.57. The summed E-state index contributed by atoms with van der Waals surface area (Å²) in [6.07, 6.45) is -0.394. The summed E-state index contributed by atoms with van der Waals surface area (Å²) in [4.78, 5) is 35.5. The van der Waals surface area contributed by atoms with Crippen LogP contribution in [-0.4, -0.2) is 53.2 Å². The van der Waals surface area contributed by atoms with Crippen LogP contribution in [0, 0.1) is 0 Å². The van der Waals surface area contributed by atoms with E-state index in [9.17, 15) is 19.5 Å². The van der Waals surface area contributed by atoms with E-state index in [2.05, 4.69) is 10.6 Å². The van der Waals surface area contributed by atoms with E-state index in [1.807, 2.05) is 48.5 Å². The molecule has 3 atom stereocenters. The zero-order chi connectivity index (χ0) is 29.9. The number of ether oxygens (including phenoxy) is 3. The van der Waals surface area contributed by atoms with E-state index in [0.717, 1.165) is 27.1 Å². The number of carboxylic acids is 1. The molecule has 1 saturated heterocycles. The monoisotopic (exact) mass is 594 g/mol. The van der Waals surface area contributed by atoms with E-state index < -0.39 is 24.3 Å². The molecule has 3 aromatic rings. The maximum Gasteiger partial charge on any atom is 0.335 e. The number of carboxylic acid groups (broad SMARTS) is 1. The fourth-order valence-electron chi connectivity index (χ4n) is 4.31. The Hall–Kier alpha value is -3.90. The lowest BCUT2D eigenvalue weighted by Crippen LogP contribution is -2.38. The summed E-state index contributed by atoms with van der Waals surface area (Å²) in [6.45, 7) is 1.98. The van der Waals surface area contributed by atoms with Crippen LogP contribution in [0.1, 0.15) is 58.4 Å². The number of carbonyl (C=O) groups is 3. The molecule has 11 heteroatoms. The quantitative estimate of drug-likeness (QED) is 0.175. The summed E-state index contributed by atoms with van der Waals surface area (Å²) in [5.41, 5.74) is 3.72. The molecule has 1 aliphatic heterocycles. The summed E-state index contributed by atoms with van der Waals surface area (Å²) in [5.74, 6) is -0.823. The molecule has 0 radical (unpaired) electrons. The first kappa shape index (κ1) is 31.0. The standard InChI is InChI=1S/C31H34N2O8S/c1-2-39-28(35)17-33-31(38)32-16-20-3-9-24(10-4-20)30-40-25(19-42-26-13-11-23(12-14-26)29(36)37)15-27(41-30)22-7-5-21(18-34)6-8-22/h3-14,25,27,30,34H,2,15-19H2,1H3,(H,36,37)(H2,32,33,38). The number of carbonyl (C=O) groups excluding carboxylic acids is 2. The van der Waals surface area contributed by atoms with Crippen LogP contribution in [0.2, 0.25) is 0 Å². The van der Waals surface area contributed by atoms with Crippen LogP contribution in [-0.2, 0) is 32.2 Å². The molecule has 4 N–H and O–H groups in total. The first-order chi connectivity index (χ1) is 20.3. The minimum Gasteiger partial charge on any atom is -0.478 e. The smallest absolute Gasteiger partial charge is 0.335 e. The summed E-state index contributed by atoms with van der Waals surface area (Å²) < 4.78 is 17.5. The van der Waals surface area contributed by atoms with Crippen molar-refractivity contribution in [3.63, 3.8) is 0 Å². The molecule has 3 unspecified atom stereocenters. The van der Waals surface area contributed by atoms with Gasteiger partial charge in [0.25, 0.3) is 0 Å². The average molecular weight is 595 g/mol. The van der Waals surface area contributed by atoms with Gasteiger partial charge < -0.3 is 35.1 Å². The van der Waals surface area contributed by atoms with E-state index in [1.165, 1.54) is 0 Å². The molecule has 1 aliphatic rings. The van der Waals surface area contributed by atoms with E-state index in [1.54, 1.807) is 43.0 Å². The van der Waals surface area contributed by atoms with Crippen LogP contribution in [0.4, 0.5) is 4.79 Å². The number of benzene rings is 3. The molecule has 1 fully saturated rings. The Morgan fingerprint density at radius 1 is 0.905 bits per heavy atom. The van der Waals surface area contributed by atoms with Crippen LogP contribution < -0.4 is 10.6 Å². The third kappa shape index (κ3) is 9.05. The Balaban J connectivity index is 1.40. The maximum atomic E-state index is 12.0. The number of thioether (sulfide) groups is 1. The second-order valence-corrected chi connectivity index (χ2v) is 10.7. The Labute approximate surface area is 248 Å². The average Bonchev–Trinajstić information content (AvgIpc) is 3.02. The number of aromatic carboxylic acids is 1. The fourth-order valence-corrected chi connectivity index (χ4v) is 5.23. The van der Waals surface area contributed by atoms with Crippen LogP contribution in [0.15, 0.2) is 77.7 Å². The number of esters is 1. The number of aliphatic hydroxyl groups excluding tert-OH is 1. The highest BCUT2D eigenvalue weighted by atomic mass is 32.2. The molecule has 42 heavy (non-hydrogen) atoms. The van der Waals surface area contributed by atoms with Gasteiger partial charge in [0, 0.05) is 29.2 Å². The number of amides is 2. The van der Waals surface area contributed by atoms with E-state index in [4.69, 9.17) is 19.3 Å². The first-order valence-electron chi connectivity index (χ1n) is 13.6. The van der Waals surface area contributed by atoms with Gasteiger partial charge in [-0.25, -0.2) is 9.59 Å². The van der Waals surface area contributed by atoms with Gasteiger partial charge in [0.05, 0.1) is 31.0 Å². The number of nitrogens with one attached hydrogen (secondary N) is 2. The first-order valence-corrected chi connectivity index (χ1v) is 14.6. The molecule has 0 spiro atoms. The number of hydrogen-bond donors (Lipinski definition) is 4. The molecule has 0 bridgehead atoms. The molecule has 222 valence electrons. The van der Waals surface area contributed by atoms with Crippen LogP contribution in [0.5, 0.6) is 0 Å². The predicted molar refractivity (Wildman–Crippen MR) is 156 cm³/mol. The van der Waals surface area contributed by atoms with Crippen molar-refractivity contribution in [1.82, 2.24) is 10.6 Å². The van der Waals surface area contributed by atoms with Crippen LogP contribution in [0.3, 0.4) is 0 Å². The van der Waals surface area contributed by atoms with Crippen molar-refractivity contribution < 1.29 is 38.8 Å². The summed E-state index contributed by atoms with van der Waals surface area (Å²) in [5, 5.41) is 23.7. The van der Waals surface area contributed by atoms with Crippen molar-refractivity contribution in [2.45, 2.75) is 49.9 Å². The predicted octanol–water partition coefficient (Wildman–Crippen LogP) is 4.58. The van der Waals surface area contributed by atoms with Gasteiger partial charge in [-0.1, -0.05) is 48.5 Å². The van der Waals surface area contributed by atoms with Crippen LogP contribution >= 0.6 is 11.8 Å². The van der Waals surface area contributed by atoms with Gasteiger partial charge in [0.15, 0.2) is 6.29 Å². The SMILES string of the molecule is CCOC(=O)CNC(=O)NCc1ccc(C2OC(CSc3ccc(C(=O)O)cc3)CC(c3ccc(CO)cc3)O2)cc1. The minimum atomic E-state index is -0.962. The zero-order valence-corrected chi connectivity index (χ0v) is 24.0. The van der Waals surface area contributed by atoms with Crippen molar-refractivity contribution in [3.05, 3.63) is 101 Å². The van der Waals surface area contributed by atoms with E-state index in [0.29, 0.717) is 12.2 Å².